The van der Waals surface area contributed by atoms with Crippen LogP contribution >= 0.6 is 11.3 Å². The molecule has 1 aromatic carbocycles. The maximum atomic E-state index is 13.2. The number of morpholine rings is 1. The van der Waals surface area contributed by atoms with E-state index in [2.05, 4.69) is 10.2 Å². The highest BCUT2D eigenvalue weighted by molar-refractivity contribution is 7.91. The first-order chi connectivity index (χ1) is 15.0. The molecule has 0 radical (unpaired) electrons. The quantitative estimate of drug-likeness (QED) is 0.682. The molecule has 2 atom stereocenters. The van der Waals surface area contributed by atoms with Gasteiger partial charge in [0.15, 0.2) is 0 Å². The lowest BCUT2D eigenvalue weighted by atomic mass is 9.97. The number of rotatable bonds is 7. The standard InChI is InChI=1S/C22H29N3O4S2/c26-22(19-8-4-10-25(16-19)31(27,28)21-9-5-15-30-21)23-20(18-6-2-1-3-7-18)17-24-11-13-29-14-12-24/h1-3,5-7,9,15,19-20H,4,8,10-14,16-17H2,(H,23,26). The lowest BCUT2D eigenvalue weighted by molar-refractivity contribution is -0.127. The second kappa shape index (κ2) is 10.2. The third kappa shape index (κ3) is 5.53. The van der Waals surface area contributed by atoms with Gasteiger partial charge in [0.25, 0.3) is 10.0 Å². The molecule has 2 saturated heterocycles. The summed E-state index contributed by atoms with van der Waals surface area (Å²) in [6, 6.07) is 13.2. The Bertz CT molecular complexity index is 944. The van der Waals surface area contributed by atoms with Gasteiger partial charge in [-0.05, 0) is 29.9 Å². The highest BCUT2D eigenvalue weighted by Crippen LogP contribution is 2.27. The van der Waals surface area contributed by atoms with Crippen LogP contribution in [0.15, 0.2) is 52.1 Å². The van der Waals surface area contributed by atoms with Crippen LogP contribution in [-0.4, -0.2) is 69.5 Å². The number of sulfonamides is 1. The topological polar surface area (TPSA) is 79.0 Å². The van der Waals surface area contributed by atoms with Gasteiger partial charge in [-0.3, -0.25) is 9.69 Å². The van der Waals surface area contributed by atoms with Crippen molar-refractivity contribution >= 4 is 27.3 Å². The van der Waals surface area contributed by atoms with Crippen LogP contribution in [-0.2, 0) is 19.6 Å². The molecule has 2 aromatic rings. The Morgan fingerprint density at radius 3 is 2.61 bits per heavy atom. The van der Waals surface area contributed by atoms with E-state index < -0.39 is 10.0 Å². The number of ether oxygens (including phenoxy) is 1. The van der Waals surface area contributed by atoms with Gasteiger partial charge in [-0.2, -0.15) is 4.31 Å². The fourth-order valence-corrected chi connectivity index (χ4v) is 6.83. The molecule has 4 rings (SSSR count). The van der Waals surface area contributed by atoms with Crippen LogP contribution in [0.1, 0.15) is 24.4 Å². The Hall–Kier alpha value is -1.78. The minimum absolute atomic E-state index is 0.0757. The molecule has 2 unspecified atom stereocenters. The van der Waals surface area contributed by atoms with E-state index in [1.54, 1.807) is 17.5 Å². The van der Waals surface area contributed by atoms with E-state index in [9.17, 15) is 13.2 Å². The van der Waals surface area contributed by atoms with Crippen LogP contribution in [0.5, 0.6) is 0 Å². The average molecular weight is 464 g/mol. The maximum Gasteiger partial charge on any atom is 0.252 e. The Kier molecular flexibility index (Phi) is 7.39. The van der Waals surface area contributed by atoms with Gasteiger partial charge in [-0.1, -0.05) is 36.4 Å². The van der Waals surface area contributed by atoms with Gasteiger partial charge in [-0.15, -0.1) is 11.3 Å². The number of amides is 1. The SMILES string of the molecule is O=C(NC(CN1CCOCC1)c1ccccc1)C1CCCN(S(=O)(=O)c2cccs2)C1. The summed E-state index contributed by atoms with van der Waals surface area (Å²) in [5, 5.41) is 4.98. The lowest BCUT2D eigenvalue weighted by Crippen LogP contribution is -2.48. The highest BCUT2D eigenvalue weighted by Gasteiger charge is 2.34. The number of carbonyl (C=O) groups excluding carboxylic acids is 1. The molecule has 2 aliphatic heterocycles. The van der Waals surface area contributed by atoms with E-state index in [0.717, 1.165) is 18.7 Å². The van der Waals surface area contributed by atoms with Crippen molar-refractivity contribution in [2.75, 3.05) is 45.9 Å². The summed E-state index contributed by atoms with van der Waals surface area (Å²) in [6.45, 7) is 4.49. The smallest absolute Gasteiger partial charge is 0.252 e. The predicted molar refractivity (Wildman–Crippen MR) is 120 cm³/mol. The van der Waals surface area contributed by atoms with E-state index in [1.807, 2.05) is 30.3 Å². The van der Waals surface area contributed by atoms with Gasteiger partial charge in [0.2, 0.25) is 5.91 Å². The molecule has 31 heavy (non-hydrogen) atoms. The molecular weight excluding hydrogens is 434 g/mol. The minimum Gasteiger partial charge on any atom is -0.379 e. The zero-order valence-corrected chi connectivity index (χ0v) is 19.1. The number of thiophene rings is 1. The van der Waals surface area contributed by atoms with Gasteiger partial charge >= 0.3 is 0 Å². The van der Waals surface area contributed by atoms with Gasteiger partial charge in [0, 0.05) is 32.7 Å². The van der Waals surface area contributed by atoms with Crippen molar-refractivity contribution in [3.8, 4) is 0 Å². The number of hydrogen-bond acceptors (Lipinski definition) is 6. The first-order valence-electron chi connectivity index (χ1n) is 10.7. The Labute approximate surface area is 188 Å². The number of benzene rings is 1. The van der Waals surface area contributed by atoms with Crippen LogP contribution in [0.4, 0.5) is 0 Å². The van der Waals surface area contributed by atoms with Crippen LogP contribution in [0.3, 0.4) is 0 Å². The number of nitrogens with zero attached hydrogens (tertiary/aromatic N) is 2. The summed E-state index contributed by atoms with van der Waals surface area (Å²) in [6.07, 6.45) is 1.38. The van der Waals surface area contributed by atoms with Crippen LogP contribution in [0, 0.1) is 5.92 Å². The maximum absolute atomic E-state index is 13.2. The van der Waals surface area contributed by atoms with Crippen molar-refractivity contribution in [2.45, 2.75) is 23.1 Å². The summed E-state index contributed by atoms with van der Waals surface area (Å²) in [5.41, 5.74) is 1.06. The molecule has 1 aromatic heterocycles. The van der Waals surface area contributed by atoms with Gasteiger partial charge in [0.1, 0.15) is 4.21 Å². The number of piperidine rings is 1. The molecule has 168 valence electrons. The second-order valence-electron chi connectivity index (χ2n) is 8.02. The monoisotopic (exact) mass is 463 g/mol. The zero-order chi connectivity index (χ0) is 21.7. The summed E-state index contributed by atoms with van der Waals surface area (Å²) in [5.74, 6) is -0.424. The Balaban J connectivity index is 1.45. The van der Waals surface area contributed by atoms with E-state index in [4.69, 9.17) is 4.74 Å². The van der Waals surface area contributed by atoms with Crippen molar-refractivity contribution < 1.29 is 17.9 Å². The summed E-state index contributed by atoms with van der Waals surface area (Å²) >= 11 is 1.21. The van der Waals surface area contributed by atoms with Gasteiger partial charge in [-0.25, -0.2) is 8.42 Å². The van der Waals surface area contributed by atoms with Crippen LogP contribution < -0.4 is 5.32 Å². The molecule has 2 fully saturated rings. The molecule has 0 bridgehead atoms. The second-order valence-corrected chi connectivity index (χ2v) is 11.1. The molecule has 9 heteroatoms. The zero-order valence-electron chi connectivity index (χ0n) is 17.5. The molecule has 0 saturated carbocycles. The third-order valence-corrected chi connectivity index (χ3v) is 9.15. The van der Waals surface area contributed by atoms with Crippen molar-refractivity contribution in [1.29, 1.82) is 0 Å². The molecule has 1 N–H and O–H groups in total. The average Bonchev–Trinajstić information content (AvgIpc) is 3.36. The van der Waals surface area contributed by atoms with Crippen LogP contribution in [0.25, 0.3) is 0 Å². The molecule has 1 amide bonds. The normalized spacial score (nSPS) is 22.1. The van der Waals surface area contributed by atoms with E-state index in [1.165, 1.54) is 15.6 Å². The van der Waals surface area contributed by atoms with E-state index in [0.29, 0.717) is 43.4 Å². The summed E-state index contributed by atoms with van der Waals surface area (Å²) in [4.78, 5) is 15.5. The summed E-state index contributed by atoms with van der Waals surface area (Å²) in [7, 11) is -3.54. The third-order valence-electron chi connectivity index (χ3n) is 5.91. The van der Waals surface area contributed by atoms with Crippen molar-refractivity contribution in [2.24, 2.45) is 5.92 Å². The minimum atomic E-state index is -3.54. The van der Waals surface area contributed by atoms with Crippen LogP contribution in [0.2, 0.25) is 0 Å². The van der Waals surface area contributed by atoms with Crippen molar-refractivity contribution in [3.63, 3.8) is 0 Å². The Morgan fingerprint density at radius 1 is 1.13 bits per heavy atom. The molecule has 0 aliphatic carbocycles. The number of hydrogen-bond donors (Lipinski definition) is 1. The lowest BCUT2D eigenvalue weighted by Gasteiger charge is -2.34. The fourth-order valence-electron chi connectivity index (χ4n) is 4.16. The Morgan fingerprint density at radius 2 is 1.90 bits per heavy atom. The number of carbonyl (C=O) groups is 1. The number of nitrogens with one attached hydrogen (secondary N) is 1. The van der Waals surface area contributed by atoms with Gasteiger partial charge in [0.05, 0.1) is 25.2 Å². The molecule has 2 aliphatic rings. The molecule has 3 heterocycles. The van der Waals surface area contributed by atoms with E-state index >= 15 is 0 Å². The molecule has 7 nitrogen and oxygen atoms in total. The highest BCUT2D eigenvalue weighted by atomic mass is 32.2. The van der Waals surface area contributed by atoms with Crippen molar-refractivity contribution in [3.05, 3.63) is 53.4 Å². The van der Waals surface area contributed by atoms with E-state index in [-0.39, 0.29) is 24.4 Å². The molecule has 0 spiro atoms. The van der Waals surface area contributed by atoms with Crippen molar-refractivity contribution in [1.82, 2.24) is 14.5 Å². The largest absolute Gasteiger partial charge is 0.379 e. The summed E-state index contributed by atoms with van der Waals surface area (Å²) < 4.78 is 33.1. The first kappa shape index (κ1) is 22.4. The van der Waals surface area contributed by atoms with Gasteiger partial charge < -0.3 is 10.1 Å². The first-order valence-corrected chi connectivity index (χ1v) is 13.0. The fraction of sp³-hybridized carbons (Fsp3) is 0.500. The molecular formula is C22H29N3O4S2. The predicted octanol–water partition coefficient (Wildman–Crippen LogP) is 2.34.